The predicted molar refractivity (Wildman–Crippen MR) is 73.5 cm³/mol. The van der Waals surface area contributed by atoms with E-state index in [1.165, 1.54) is 25.7 Å². The van der Waals surface area contributed by atoms with Crippen molar-refractivity contribution in [1.82, 2.24) is 15.5 Å². The van der Waals surface area contributed by atoms with Crippen LogP contribution in [0.15, 0.2) is 0 Å². The normalized spacial score (nSPS) is 34.2. The highest BCUT2D eigenvalue weighted by Crippen LogP contribution is 2.26. The Hall–Kier alpha value is -0.610. The van der Waals surface area contributed by atoms with Crippen molar-refractivity contribution in [2.24, 2.45) is 0 Å². The maximum atomic E-state index is 11.6. The van der Waals surface area contributed by atoms with Gasteiger partial charge in [-0.1, -0.05) is 0 Å². The number of carbonyl (C=O) groups excluding carboxylic acids is 1. The van der Waals surface area contributed by atoms with Gasteiger partial charge in [-0.2, -0.15) is 0 Å². The van der Waals surface area contributed by atoms with E-state index in [1.807, 2.05) is 0 Å². The molecule has 1 unspecified atom stereocenters. The summed E-state index contributed by atoms with van der Waals surface area (Å²) in [5.41, 5.74) is 0. The third-order valence-corrected chi connectivity index (χ3v) is 4.71. The van der Waals surface area contributed by atoms with Crippen LogP contribution < -0.4 is 10.6 Å². The Morgan fingerprint density at radius 2 is 1.89 bits per heavy atom. The second kappa shape index (κ2) is 6.53. The van der Waals surface area contributed by atoms with Crippen LogP contribution >= 0.6 is 0 Å². The first-order valence-corrected chi connectivity index (χ1v) is 7.36. The van der Waals surface area contributed by atoms with Crippen molar-refractivity contribution in [2.75, 3.05) is 20.6 Å². The molecule has 4 heteroatoms. The zero-order valence-corrected chi connectivity index (χ0v) is 11.7. The number of rotatable bonds is 3. The fourth-order valence-electron chi connectivity index (χ4n) is 3.37. The van der Waals surface area contributed by atoms with E-state index in [-0.39, 0.29) is 5.91 Å². The summed E-state index contributed by atoms with van der Waals surface area (Å²) in [6, 6.07) is 1.82. The largest absolute Gasteiger partial charge is 0.356 e. The quantitative estimate of drug-likeness (QED) is 0.792. The number of nitrogens with zero attached hydrogens (tertiary/aromatic N) is 1. The van der Waals surface area contributed by atoms with E-state index >= 15 is 0 Å². The van der Waals surface area contributed by atoms with Gasteiger partial charge in [-0.15, -0.1) is 0 Å². The lowest BCUT2D eigenvalue weighted by Gasteiger charge is -2.38. The van der Waals surface area contributed by atoms with Gasteiger partial charge in [0.2, 0.25) is 5.91 Å². The van der Waals surface area contributed by atoms with Crippen molar-refractivity contribution in [3.63, 3.8) is 0 Å². The van der Waals surface area contributed by atoms with Crippen LogP contribution in [0, 0.1) is 0 Å². The molecule has 1 saturated carbocycles. The first-order valence-electron chi connectivity index (χ1n) is 7.36. The van der Waals surface area contributed by atoms with Crippen LogP contribution in [-0.4, -0.2) is 49.6 Å². The van der Waals surface area contributed by atoms with E-state index in [0.717, 1.165) is 19.4 Å². The molecule has 1 aliphatic carbocycles. The Balaban J connectivity index is 1.86. The molecule has 0 aromatic heterocycles. The van der Waals surface area contributed by atoms with Crippen LogP contribution in [0.3, 0.4) is 0 Å². The van der Waals surface area contributed by atoms with Gasteiger partial charge in [0, 0.05) is 31.1 Å². The highest BCUT2D eigenvalue weighted by atomic mass is 16.1. The Morgan fingerprint density at radius 3 is 2.56 bits per heavy atom. The van der Waals surface area contributed by atoms with Crippen molar-refractivity contribution in [2.45, 2.75) is 63.1 Å². The summed E-state index contributed by atoms with van der Waals surface area (Å²) in [6.45, 7) is 0.857. The molecular weight excluding hydrogens is 226 g/mol. The fraction of sp³-hybridized carbons (Fsp3) is 0.929. The molecule has 2 aliphatic rings. The average Bonchev–Trinajstić information content (AvgIpc) is 2.63. The second-order valence-corrected chi connectivity index (χ2v) is 5.81. The fourth-order valence-corrected chi connectivity index (χ4v) is 3.37. The number of amides is 1. The van der Waals surface area contributed by atoms with E-state index in [0.29, 0.717) is 24.5 Å². The number of hydrogen-bond donors (Lipinski definition) is 2. The van der Waals surface area contributed by atoms with E-state index < -0.39 is 0 Å². The lowest BCUT2D eigenvalue weighted by Crippen LogP contribution is -2.45. The van der Waals surface area contributed by atoms with Gasteiger partial charge in [0.15, 0.2) is 0 Å². The molecule has 0 aromatic carbocycles. The maximum absolute atomic E-state index is 11.6. The van der Waals surface area contributed by atoms with Gasteiger partial charge in [0.25, 0.3) is 0 Å². The van der Waals surface area contributed by atoms with Crippen molar-refractivity contribution in [3.8, 4) is 0 Å². The standard InChI is InChI=1S/C14H27N3O/c1-15-11-5-7-12(8-6-11)17(2)13-4-3-9-16-14(18)10-13/h11-13,15H,3-10H2,1-2H3,(H,16,18). The maximum Gasteiger partial charge on any atom is 0.221 e. The predicted octanol–water partition coefficient (Wildman–Crippen LogP) is 1.12. The molecule has 4 nitrogen and oxygen atoms in total. The molecule has 0 bridgehead atoms. The third-order valence-electron chi connectivity index (χ3n) is 4.71. The molecule has 2 fully saturated rings. The zero-order valence-electron chi connectivity index (χ0n) is 11.7. The van der Waals surface area contributed by atoms with Crippen molar-refractivity contribution in [3.05, 3.63) is 0 Å². The Bertz CT molecular complexity index is 274. The highest BCUT2D eigenvalue weighted by Gasteiger charge is 2.29. The van der Waals surface area contributed by atoms with Crippen molar-refractivity contribution >= 4 is 5.91 Å². The number of hydrogen-bond acceptors (Lipinski definition) is 3. The Kier molecular flexibility index (Phi) is 5.01. The van der Waals surface area contributed by atoms with E-state index in [2.05, 4.69) is 29.6 Å². The van der Waals surface area contributed by atoms with Crippen LogP contribution in [0.1, 0.15) is 44.9 Å². The molecule has 0 aromatic rings. The van der Waals surface area contributed by atoms with Crippen LogP contribution in [0.2, 0.25) is 0 Å². The van der Waals surface area contributed by atoms with Crippen LogP contribution in [0.4, 0.5) is 0 Å². The summed E-state index contributed by atoms with van der Waals surface area (Å²) in [5.74, 6) is 0.230. The van der Waals surface area contributed by atoms with Crippen LogP contribution in [0.5, 0.6) is 0 Å². The molecule has 2 N–H and O–H groups in total. The van der Waals surface area contributed by atoms with Gasteiger partial charge in [0.1, 0.15) is 0 Å². The van der Waals surface area contributed by atoms with Crippen LogP contribution in [-0.2, 0) is 4.79 Å². The topological polar surface area (TPSA) is 44.4 Å². The molecule has 1 saturated heterocycles. The van der Waals surface area contributed by atoms with Gasteiger partial charge in [-0.05, 0) is 52.6 Å². The molecule has 0 radical (unpaired) electrons. The summed E-state index contributed by atoms with van der Waals surface area (Å²) in [6.07, 6.45) is 8.02. The zero-order chi connectivity index (χ0) is 13.0. The van der Waals surface area contributed by atoms with Gasteiger partial charge in [0.05, 0.1) is 0 Å². The molecule has 2 rings (SSSR count). The number of nitrogens with one attached hydrogen (secondary N) is 2. The molecule has 1 aliphatic heterocycles. The van der Waals surface area contributed by atoms with Gasteiger partial charge in [-0.3, -0.25) is 9.69 Å². The Labute approximate surface area is 110 Å². The average molecular weight is 253 g/mol. The summed E-state index contributed by atoms with van der Waals surface area (Å²) in [5, 5.41) is 6.35. The molecule has 18 heavy (non-hydrogen) atoms. The second-order valence-electron chi connectivity index (χ2n) is 5.81. The van der Waals surface area contributed by atoms with Gasteiger partial charge >= 0.3 is 0 Å². The molecular formula is C14H27N3O. The molecule has 0 spiro atoms. The first-order chi connectivity index (χ1) is 8.70. The van der Waals surface area contributed by atoms with E-state index in [9.17, 15) is 4.79 Å². The molecule has 1 heterocycles. The number of carbonyl (C=O) groups is 1. The monoisotopic (exact) mass is 253 g/mol. The SMILES string of the molecule is CNC1CCC(N(C)C2CCCNC(=O)C2)CC1. The first kappa shape index (κ1) is 13.8. The summed E-state index contributed by atoms with van der Waals surface area (Å²) < 4.78 is 0. The lowest BCUT2D eigenvalue weighted by molar-refractivity contribution is -0.121. The molecule has 1 amide bonds. The lowest BCUT2D eigenvalue weighted by atomic mass is 9.89. The van der Waals surface area contributed by atoms with Crippen molar-refractivity contribution < 1.29 is 4.79 Å². The van der Waals surface area contributed by atoms with Crippen molar-refractivity contribution in [1.29, 1.82) is 0 Å². The third kappa shape index (κ3) is 3.45. The highest BCUT2D eigenvalue weighted by molar-refractivity contribution is 5.76. The van der Waals surface area contributed by atoms with E-state index in [1.54, 1.807) is 0 Å². The summed E-state index contributed by atoms with van der Waals surface area (Å²) in [7, 11) is 4.28. The minimum absolute atomic E-state index is 0.230. The van der Waals surface area contributed by atoms with Gasteiger partial charge in [-0.25, -0.2) is 0 Å². The van der Waals surface area contributed by atoms with E-state index in [4.69, 9.17) is 0 Å². The minimum Gasteiger partial charge on any atom is -0.356 e. The molecule has 1 atom stereocenters. The smallest absolute Gasteiger partial charge is 0.221 e. The summed E-state index contributed by atoms with van der Waals surface area (Å²) >= 11 is 0. The van der Waals surface area contributed by atoms with Gasteiger partial charge < -0.3 is 10.6 Å². The summed E-state index contributed by atoms with van der Waals surface area (Å²) in [4.78, 5) is 14.1. The molecule has 104 valence electrons. The Morgan fingerprint density at radius 1 is 1.17 bits per heavy atom. The van der Waals surface area contributed by atoms with Crippen LogP contribution in [0.25, 0.3) is 0 Å². The minimum atomic E-state index is 0.230.